The zero-order valence-corrected chi connectivity index (χ0v) is 8.79. The monoisotopic (exact) mass is 218 g/mol. The normalized spacial score (nSPS) is 11.6. The summed E-state index contributed by atoms with van der Waals surface area (Å²) in [6.07, 6.45) is 1.97. The summed E-state index contributed by atoms with van der Waals surface area (Å²) in [5.41, 5.74) is 2.63. The molecule has 16 heavy (non-hydrogen) atoms. The molecule has 0 fully saturated rings. The number of nitrogens with one attached hydrogen (secondary N) is 2. The summed E-state index contributed by atoms with van der Waals surface area (Å²) in [5.74, 6) is 0.481. The molecule has 5 heteroatoms. The Bertz CT molecular complexity index is 652. The lowest BCUT2D eigenvalue weighted by molar-refractivity contribution is 0.629. The Balaban J connectivity index is 2.26. The van der Waals surface area contributed by atoms with Crippen molar-refractivity contribution in [2.24, 2.45) is 0 Å². The van der Waals surface area contributed by atoms with Gasteiger partial charge in [-0.05, 0) is 19.2 Å². The summed E-state index contributed by atoms with van der Waals surface area (Å²) in [6, 6.07) is 4.62. The number of hydrogen-bond acceptors (Lipinski definition) is 2. The van der Waals surface area contributed by atoms with Crippen molar-refractivity contribution < 1.29 is 4.39 Å². The van der Waals surface area contributed by atoms with Crippen LogP contribution >= 0.6 is 0 Å². The first-order valence-corrected chi connectivity index (χ1v) is 5.08. The van der Waals surface area contributed by atoms with Crippen LogP contribution in [0.25, 0.3) is 16.8 Å². The van der Waals surface area contributed by atoms with Crippen molar-refractivity contribution in [1.82, 2.24) is 19.7 Å². The number of benzene rings is 1. The van der Waals surface area contributed by atoms with Gasteiger partial charge in [0.15, 0.2) is 0 Å². The van der Waals surface area contributed by atoms with Crippen LogP contribution in [0.5, 0.6) is 0 Å². The van der Waals surface area contributed by atoms with Gasteiger partial charge in [0.1, 0.15) is 5.82 Å². The highest BCUT2D eigenvalue weighted by atomic mass is 19.1. The van der Waals surface area contributed by atoms with Gasteiger partial charge in [-0.2, -0.15) is 0 Å². The lowest BCUT2D eigenvalue weighted by Crippen LogP contribution is -2.04. The van der Waals surface area contributed by atoms with Crippen LogP contribution in [-0.2, 0) is 6.54 Å². The number of halogens is 1. The zero-order valence-electron chi connectivity index (χ0n) is 8.79. The average Bonchev–Trinajstić information content (AvgIpc) is 2.74. The molecule has 2 N–H and O–H groups in total. The van der Waals surface area contributed by atoms with Crippen LogP contribution in [-0.4, -0.2) is 21.4 Å². The van der Waals surface area contributed by atoms with Crippen LogP contribution < -0.4 is 5.32 Å². The van der Waals surface area contributed by atoms with Crippen molar-refractivity contribution in [2.45, 2.75) is 6.54 Å². The molecule has 3 rings (SSSR count). The minimum Gasteiger partial charge on any atom is -0.326 e. The van der Waals surface area contributed by atoms with Crippen molar-refractivity contribution in [3.8, 4) is 0 Å². The molecule has 2 heterocycles. The van der Waals surface area contributed by atoms with Gasteiger partial charge in [-0.3, -0.25) is 4.40 Å². The number of imidazole rings is 2. The maximum atomic E-state index is 13.0. The molecule has 0 amide bonds. The fourth-order valence-electron chi connectivity index (χ4n) is 1.90. The summed E-state index contributed by atoms with van der Waals surface area (Å²) in [5, 5.41) is 3.06. The van der Waals surface area contributed by atoms with Crippen molar-refractivity contribution in [3.63, 3.8) is 0 Å². The minimum atomic E-state index is -0.260. The Hall–Kier alpha value is -1.88. The average molecular weight is 218 g/mol. The highest BCUT2D eigenvalue weighted by Crippen LogP contribution is 2.17. The summed E-state index contributed by atoms with van der Waals surface area (Å²) in [6.45, 7) is 0.756. The number of aromatic amines is 1. The Morgan fingerprint density at radius 3 is 3.19 bits per heavy atom. The van der Waals surface area contributed by atoms with E-state index < -0.39 is 0 Å². The largest absolute Gasteiger partial charge is 0.326 e. The van der Waals surface area contributed by atoms with E-state index in [4.69, 9.17) is 0 Å². The molecule has 0 spiro atoms. The van der Waals surface area contributed by atoms with Gasteiger partial charge in [0, 0.05) is 24.5 Å². The topological polar surface area (TPSA) is 45.1 Å². The molecule has 82 valence electrons. The molecule has 0 unspecified atom stereocenters. The van der Waals surface area contributed by atoms with Crippen LogP contribution in [0.3, 0.4) is 0 Å². The van der Waals surface area contributed by atoms with Gasteiger partial charge in [-0.25, -0.2) is 9.37 Å². The van der Waals surface area contributed by atoms with Crippen molar-refractivity contribution in [2.75, 3.05) is 7.05 Å². The van der Waals surface area contributed by atoms with Gasteiger partial charge in [-0.1, -0.05) is 0 Å². The minimum absolute atomic E-state index is 0.260. The van der Waals surface area contributed by atoms with Crippen LogP contribution in [0.2, 0.25) is 0 Å². The molecule has 2 aromatic heterocycles. The molecule has 4 nitrogen and oxygen atoms in total. The van der Waals surface area contributed by atoms with Crippen molar-refractivity contribution in [1.29, 1.82) is 0 Å². The second-order valence-corrected chi connectivity index (χ2v) is 3.75. The third kappa shape index (κ3) is 1.29. The number of aromatic nitrogens is 3. The van der Waals surface area contributed by atoms with Gasteiger partial charge in [0.2, 0.25) is 5.78 Å². The maximum absolute atomic E-state index is 13.0. The van der Waals surface area contributed by atoms with Crippen LogP contribution in [0.4, 0.5) is 4.39 Å². The first-order valence-electron chi connectivity index (χ1n) is 5.08. The molecular weight excluding hydrogens is 207 g/mol. The van der Waals surface area contributed by atoms with E-state index in [0.717, 1.165) is 23.5 Å². The van der Waals surface area contributed by atoms with E-state index in [9.17, 15) is 4.39 Å². The van der Waals surface area contributed by atoms with Gasteiger partial charge in [-0.15, -0.1) is 0 Å². The fourth-order valence-corrected chi connectivity index (χ4v) is 1.90. The Labute approximate surface area is 91.1 Å². The summed E-state index contributed by atoms with van der Waals surface area (Å²) in [4.78, 5) is 7.49. The SMILES string of the molecule is CNCc1cn2c(nc3cc(F)ccc32)[nH]1. The van der Waals surface area contributed by atoms with E-state index >= 15 is 0 Å². The third-order valence-corrected chi connectivity index (χ3v) is 2.58. The molecule has 0 aliphatic carbocycles. The van der Waals surface area contributed by atoms with E-state index in [1.807, 2.05) is 17.6 Å². The lowest BCUT2D eigenvalue weighted by atomic mass is 10.3. The van der Waals surface area contributed by atoms with Gasteiger partial charge < -0.3 is 10.3 Å². The van der Waals surface area contributed by atoms with Crippen LogP contribution in [0.15, 0.2) is 24.4 Å². The Morgan fingerprint density at radius 1 is 1.50 bits per heavy atom. The molecule has 0 radical (unpaired) electrons. The number of hydrogen-bond donors (Lipinski definition) is 2. The molecule has 0 saturated heterocycles. The molecule has 0 atom stereocenters. The molecule has 3 aromatic rings. The smallest absolute Gasteiger partial charge is 0.212 e. The Kier molecular flexibility index (Phi) is 1.94. The summed E-state index contributed by atoms with van der Waals surface area (Å²) < 4.78 is 14.9. The standard InChI is InChI=1S/C11H11FN4/c1-13-5-8-6-16-10-3-2-7(12)4-9(10)15-11(16)14-8/h2-4,6,13H,5H2,1H3,(H,14,15). The lowest BCUT2D eigenvalue weighted by Gasteiger charge is -1.93. The van der Waals surface area contributed by atoms with Crippen molar-refractivity contribution in [3.05, 3.63) is 35.9 Å². The molecule has 0 aliphatic rings. The number of nitrogens with zero attached hydrogens (tertiary/aromatic N) is 2. The van der Waals surface area contributed by atoms with Crippen LogP contribution in [0.1, 0.15) is 5.69 Å². The highest BCUT2D eigenvalue weighted by molar-refractivity contribution is 5.79. The molecule has 0 aliphatic heterocycles. The summed E-state index contributed by atoms with van der Waals surface area (Å²) in [7, 11) is 1.89. The van der Waals surface area contributed by atoms with Crippen molar-refractivity contribution >= 4 is 16.8 Å². The first-order chi connectivity index (χ1) is 7.78. The first kappa shape index (κ1) is 9.35. The maximum Gasteiger partial charge on any atom is 0.212 e. The highest BCUT2D eigenvalue weighted by Gasteiger charge is 2.07. The Morgan fingerprint density at radius 2 is 2.38 bits per heavy atom. The number of H-pyrrole nitrogens is 1. The summed E-state index contributed by atoms with van der Waals surface area (Å²) >= 11 is 0. The van der Waals surface area contributed by atoms with E-state index in [1.54, 1.807) is 6.07 Å². The predicted molar refractivity (Wildman–Crippen MR) is 59.8 cm³/mol. The fraction of sp³-hybridized carbons (Fsp3) is 0.182. The molecule has 1 aromatic carbocycles. The van der Waals surface area contributed by atoms with Gasteiger partial charge in [0.05, 0.1) is 11.0 Å². The third-order valence-electron chi connectivity index (χ3n) is 2.58. The zero-order chi connectivity index (χ0) is 11.1. The predicted octanol–water partition coefficient (Wildman–Crippen LogP) is 1.67. The van der Waals surface area contributed by atoms with Gasteiger partial charge in [0.25, 0.3) is 0 Å². The quantitative estimate of drug-likeness (QED) is 0.687. The van der Waals surface area contributed by atoms with E-state index in [-0.39, 0.29) is 5.82 Å². The van der Waals surface area contributed by atoms with Crippen LogP contribution in [0, 0.1) is 5.82 Å². The number of rotatable bonds is 2. The second-order valence-electron chi connectivity index (χ2n) is 3.75. The molecule has 0 bridgehead atoms. The molecule has 0 saturated carbocycles. The van der Waals surface area contributed by atoms with Gasteiger partial charge >= 0.3 is 0 Å². The molecular formula is C11H11FN4. The van der Waals surface area contributed by atoms with E-state index in [2.05, 4.69) is 15.3 Å². The second kappa shape index (κ2) is 3.31. The van der Waals surface area contributed by atoms with E-state index in [1.165, 1.54) is 12.1 Å². The number of fused-ring (bicyclic) bond motifs is 3. The van der Waals surface area contributed by atoms with E-state index in [0.29, 0.717) is 5.52 Å².